The monoisotopic (exact) mass is 362 g/mol. The molecule has 0 saturated carbocycles. The fraction of sp³-hybridized carbons (Fsp3) is 0.733. The van der Waals surface area contributed by atoms with Gasteiger partial charge in [-0.2, -0.15) is 0 Å². The summed E-state index contributed by atoms with van der Waals surface area (Å²) in [6, 6.07) is 0. The van der Waals surface area contributed by atoms with Gasteiger partial charge < -0.3 is 28.4 Å². The molecule has 1 fully saturated rings. The van der Waals surface area contributed by atoms with Gasteiger partial charge in [0.05, 0.1) is 0 Å². The van der Waals surface area contributed by atoms with Crippen LogP contribution in [0, 0.1) is 0 Å². The van der Waals surface area contributed by atoms with Gasteiger partial charge in [0.15, 0.2) is 24.6 Å². The van der Waals surface area contributed by atoms with Crippen LogP contribution < -0.4 is 0 Å². The summed E-state index contributed by atoms with van der Waals surface area (Å²) in [7, 11) is 1.31. The molecule has 0 radical (unpaired) electrons. The van der Waals surface area contributed by atoms with Crippen molar-refractivity contribution in [3.8, 4) is 0 Å². The number of carbonyl (C=O) groups is 4. The van der Waals surface area contributed by atoms with Crippen molar-refractivity contribution >= 4 is 23.9 Å². The summed E-state index contributed by atoms with van der Waals surface area (Å²) < 4.78 is 31.0. The van der Waals surface area contributed by atoms with E-state index in [2.05, 4.69) is 0 Å². The second-order valence-electron chi connectivity index (χ2n) is 5.30. The van der Waals surface area contributed by atoms with Gasteiger partial charge in [0.2, 0.25) is 0 Å². The van der Waals surface area contributed by atoms with Crippen molar-refractivity contribution in [1.29, 1.82) is 0 Å². The molecular weight excluding hydrogens is 340 g/mol. The van der Waals surface area contributed by atoms with E-state index in [1.165, 1.54) is 21.0 Å². The highest BCUT2D eigenvalue weighted by atomic mass is 16.7. The lowest BCUT2D eigenvalue weighted by atomic mass is 10.1. The number of methoxy groups -OCH3 is 1. The first-order valence-electron chi connectivity index (χ1n) is 7.49. The van der Waals surface area contributed by atoms with Crippen LogP contribution in [0.1, 0.15) is 27.7 Å². The number of hydrogen-bond donors (Lipinski definition) is 0. The SMILES string of the molecule is CO[C@@H]1O[C@H]([C@@H](COC(C)=O)OC(C)=O)[C@H](OC(C)=O)[C@H]1OC(C)=O. The molecule has 1 rings (SSSR count). The maximum Gasteiger partial charge on any atom is 0.303 e. The summed E-state index contributed by atoms with van der Waals surface area (Å²) in [6.45, 7) is 4.35. The number of rotatable bonds is 7. The smallest absolute Gasteiger partial charge is 0.303 e. The van der Waals surface area contributed by atoms with Gasteiger partial charge in [-0.25, -0.2) is 0 Å². The Bertz CT molecular complexity index is 516. The van der Waals surface area contributed by atoms with Crippen LogP contribution in [0.5, 0.6) is 0 Å². The van der Waals surface area contributed by atoms with Crippen molar-refractivity contribution in [3.05, 3.63) is 0 Å². The number of esters is 4. The first-order valence-corrected chi connectivity index (χ1v) is 7.49. The Morgan fingerprint density at radius 1 is 0.880 bits per heavy atom. The lowest BCUT2D eigenvalue weighted by Gasteiger charge is -2.27. The molecule has 0 aromatic rings. The molecule has 10 heteroatoms. The van der Waals surface area contributed by atoms with Crippen LogP contribution in [0.15, 0.2) is 0 Å². The Morgan fingerprint density at radius 2 is 1.44 bits per heavy atom. The van der Waals surface area contributed by atoms with Crippen LogP contribution in [-0.4, -0.2) is 68.3 Å². The lowest BCUT2D eigenvalue weighted by Crippen LogP contribution is -2.46. The largest absolute Gasteiger partial charge is 0.462 e. The van der Waals surface area contributed by atoms with E-state index in [-0.39, 0.29) is 6.61 Å². The van der Waals surface area contributed by atoms with Gasteiger partial charge in [0.1, 0.15) is 12.7 Å². The average molecular weight is 362 g/mol. The van der Waals surface area contributed by atoms with Gasteiger partial charge in [-0.15, -0.1) is 0 Å². The summed E-state index contributed by atoms with van der Waals surface area (Å²) >= 11 is 0. The van der Waals surface area contributed by atoms with E-state index in [9.17, 15) is 19.2 Å². The molecule has 0 bridgehead atoms. The molecule has 10 nitrogen and oxygen atoms in total. The third kappa shape index (κ3) is 6.31. The maximum atomic E-state index is 11.4. The quantitative estimate of drug-likeness (QED) is 0.441. The third-order valence-corrected chi connectivity index (χ3v) is 3.18. The first kappa shape index (κ1) is 20.8. The second-order valence-corrected chi connectivity index (χ2v) is 5.30. The summed E-state index contributed by atoms with van der Waals surface area (Å²) in [4.78, 5) is 45.2. The highest BCUT2D eigenvalue weighted by molar-refractivity contribution is 5.68. The molecule has 0 amide bonds. The lowest BCUT2D eigenvalue weighted by molar-refractivity contribution is -0.191. The zero-order chi connectivity index (χ0) is 19.1. The van der Waals surface area contributed by atoms with E-state index in [0.29, 0.717) is 0 Å². The fourth-order valence-electron chi connectivity index (χ4n) is 2.39. The predicted molar refractivity (Wildman–Crippen MR) is 79.0 cm³/mol. The van der Waals surface area contributed by atoms with Crippen molar-refractivity contribution in [2.24, 2.45) is 0 Å². The van der Waals surface area contributed by atoms with Crippen LogP contribution >= 0.6 is 0 Å². The maximum absolute atomic E-state index is 11.4. The molecule has 1 aliphatic heterocycles. The number of ether oxygens (including phenoxy) is 6. The number of carbonyl (C=O) groups excluding carboxylic acids is 4. The Morgan fingerprint density at radius 3 is 1.88 bits per heavy atom. The second kappa shape index (κ2) is 9.33. The van der Waals surface area contributed by atoms with Gasteiger partial charge in [0.25, 0.3) is 0 Å². The van der Waals surface area contributed by atoms with Crippen LogP contribution in [0.3, 0.4) is 0 Å². The van der Waals surface area contributed by atoms with E-state index < -0.39 is 54.6 Å². The van der Waals surface area contributed by atoms with Crippen molar-refractivity contribution in [3.63, 3.8) is 0 Å². The topological polar surface area (TPSA) is 124 Å². The Balaban J connectivity index is 3.10. The van der Waals surface area contributed by atoms with Crippen LogP contribution in [0.4, 0.5) is 0 Å². The van der Waals surface area contributed by atoms with E-state index in [1.54, 1.807) is 0 Å². The molecule has 0 spiro atoms. The summed E-state index contributed by atoms with van der Waals surface area (Å²) in [5, 5.41) is 0. The normalized spacial score (nSPS) is 26.4. The summed E-state index contributed by atoms with van der Waals surface area (Å²) in [5.41, 5.74) is 0. The molecule has 0 N–H and O–H groups in total. The van der Waals surface area contributed by atoms with E-state index in [4.69, 9.17) is 28.4 Å². The van der Waals surface area contributed by atoms with Crippen LogP contribution in [0.2, 0.25) is 0 Å². The van der Waals surface area contributed by atoms with Gasteiger partial charge >= 0.3 is 23.9 Å². The standard InChI is InChI=1S/C15H22O10/c1-7(16)21-6-11(22-8(2)17)12-13(23-9(3)18)14(24-10(4)19)15(20-5)25-12/h11-15H,6H2,1-5H3/t11-,12-,13+,14-,15-/m1/s1. The van der Waals surface area contributed by atoms with Crippen LogP contribution in [0.25, 0.3) is 0 Å². The Hall–Kier alpha value is -2.20. The summed E-state index contributed by atoms with van der Waals surface area (Å²) in [5.74, 6) is -2.56. The van der Waals surface area contributed by atoms with E-state index in [1.807, 2.05) is 0 Å². The minimum absolute atomic E-state index is 0.333. The third-order valence-electron chi connectivity index (χ3n) is 3.18. The van der Waals surface area contributed by atoms with Crippen molar-refractivity contribution in [2.45, 2.75) is 58.4 Å². The minimum atomic E-state index is -1.12. The Labute approximate surface area is 144 Å². The van der Waals surface area contributed by atoms with E-state index >= 15 is 0 Å². The molecule has 0 aromatic heterocycles. The van der Waals surface area contributed by atoms with Gasteiger partial charge in [0, 0.05) is 34.8 Å². The molecule has 1 aliphatic rings. The minimum Gasteiger partial charge on any atom is -0.462 e. The van der Waals surface area contributed by atoms with Crippen molar-refractivity contribution < 1.29 is 47.6 Å². The molecular formula is C15H22O10. The van der Waals surface area contributed by atoms with Gasteiger partial charge in [-0.3, -0.25) is 19.2 Å². The highest BCUT2D eigenvalue weighted by Gasteiger charge is 2.53. The van der Waals surface area contributed by atoms with Gasteiger partial charge in [-0.05, 0) is 0 Å². The molecule has 0 aliphatic carbocycles. The van der Waals surface area contributed by atoms with Gasteiger partial charge in [-0.1, -0.05) is 0 Å². The van der Waals surface area contributed by atoms with Crippen molar-refractivity contribution in [1.82, 2.24) is 0 Å². The van der Waals surface area contributed by atoms with Crippen molar-refractivity contribution in [2.75, 3.05) is 13.7 Å². The Kier molecular flexibility index (Phi) is 7.78. The molecule has 142 valence electrons. The number of hydrogen-bond acceptors (Lipinski definition) is 10. The van der Waals surface area contributed by atoms with Crippen LogP contribution in [-0.2, 0) is 47.6 Å². The predicted octanol–water partition coefficient (Wildman–Crippen LogP) is -0.284. The van der Waals surface area contributed by atoms with E-state index in [0.717, 1.165) is 13.8 Å². The molecule has 0 unspecified atom stereocenters. The average Bonchev–Trinajstić information content (AvgIpc) is 2.79. The highest BCUT2D eigenvalue weighted by Crippen LogP contribution is 2.31. The zero-order valence-corrected chi connectivity index (χ0v) is 14.7. The molecule has 25 heavy (non-hydrogen) atoms. The fourth-order valence-corrected chi connectivity index (χ4v) is 2.39. The molecule has 0 aromatic carbocycles. The molecule has 1 heterocycles. The first-order chi connectivity index (χ1) is 11.6. The molecule has 1 saturated heterocycles. The summed E-state index contributed by atoms with van der Waals surface area (Å²) in [6.07, 6.45) is -5.42. The zero-order valence-electron chi connectivity index (χ0n) is 14.7. The molecule has 5 atom stereocenters.